The number of rotatable bonds is 4. The minimum absolute atomic E-state index is 0.142. The summed E-state index contributed by atoms with van der Waals surface area (Å²) < 4.78 is 9.52. The molecule has 1 aliphatic rings. The van der Waals surface area contributed by atoms with Crippen LogP contribution in [0.2, 0.25) is 4.34 Å². The summed E-state index contributed by atoms with van der Waals surface area (Å²) in [6.45, 7) is 3.69. The number of ether oxygens (including phenoxy) is 1. The molecule has 1 atom stereocenters. The van der Waals surface area contributed by atoms with Crippen molar-refractivity contribution >= 4 is 29.1 Å². The first-order valence-corrected chi connectivity index (χ1v) is 7.25. The standard InChI is InChI=1S/C11H16ClN3O2S/c1-2-17-11(16)9-5-3-4-6-15(9)7-8-10(12)18-14-13-8/h9H,2-7H2,1H3. The highest BCUT2D eigenvalue weighted by Gasteiger charge is 2.30. The summed E-state index contributed by atoms with van der Waals surface area (Å²) in [5, 5.41) is 3.99. The maximum Gasteiger partial charge on any atom is 0.323 e. The molecular formula is C11H16ClN3O2S. The largest absolute Gasteiger partial charge is 0.465 e. The molecule has 0 radical (unpaired) electrons. The summed E-state index contributed by atoms with van der Waals surface area (Å²) in [5.41, 5.74) is 0.748. The normalized spacial score (nSPS) is 20.9. The van der Waals surface area contributed by atoms with Crippen molar-refractivity contribution in [3.8, 4) is 0 Å². The third-order valence-corrected chi connectivity index (χ3v) is 4.02. The molecule has 0 N–H and O–H groups in total. The average molecular weight is 290 g/mol. The summed E-state index contributed by atoms with van der Waals surface area (Å²) in [4.78, 5) is 14.0. The maximum absolute atomic E-state index is 11.9. The highest BCUT2D eigenvalue weighted by Crippen LogP contribution is 2.24. The van der Waals surface area contributed by atoms with Crippen LogP contribution in [0, 0.1) is 0 Å². The van der Waals surface area contributed by atoms with E-state index >= 15 is 0 Å². The molecule has 0 amide bonds. The van der Waals surface area contributed by atoms with Crippen LogP contribution in [-0.2, 0) is 16.1 Å². The van der Waals surface area contributed by atoms with Gasteiger partial charge in [-0.15, -0.1) is 5.10 Å². The van der Waals surface area contributed by atoms with E-state index in [1.165, 1.54) is 11.5 Å². The van der Waals surface area contributed by atoms with Gasteiger partial charge in [-0.2, -0.15) is 0 Å². The van der Waals surface area contributed by atoms with E-state index in [0.29, 0.717) is 17.5 Å². The fourth-order valence-corrected chi connectivity index (χ4v) is 2.78. The number of hydrogen-bond acceptors (Lipinski definition) is 6. The summed E-state index contributed by atoms with van der Waals surface area (Å²) in [6.07, 6.45) is 2.99. The summed E-state index contributed by atoms with van der Waals surface area (Å²) in [7, 11) is 0. The summed E-state index contributed by atoms with van der Waals surface area (Å²) in [6, 6.07) is -0.170. The fourth-order valence-electron chi connectivity index (χ4n) is 2.17. The lowest BCUT2D eigenvalue weighted by Gasteiger charge is -2.33. The molecule has 0 spiro atoms. The van der Waals surface area contributed by atoms with Crippen molar-refractivity contribution in [2.75, 3.05) is 13.2 Å². The Balaban J connectivity index is 2.04. The van der Waals surface area contributed by atoms with E-state index in [4.69, 9.17) is 16.3 Å². The molecule has 0 aliphatic carbocycles. The van der Waals surface area contributed by atoms with E-state index in [9.17, 15) is 4.79 Å². The minimum Gasteiger partial charge on any atom is -0.465 e. The van der Waals surface area contributed by atoms with Crippen LogP contribution >= 0.6 is 23.1 Å². The molecule has 2 heterocycles. The fraction of sp³-hybridized carbons (Fsp3) is 0.727. The topological polar surface area (TPSA) is 55.3 Å². The number of nitrogens with zero attached hydrogens (tertiary/aromatic N) is 3. The summed E-state index contributed by atoms with van der Waals surface area (Å²) >= 11 is 7.17. The molecule has 1 aliphatic heterocycles. The number of carbonyl (C=O) groups excluding carboxylic acids is 1. The van der Waals surface area contributed by atoms with E-state index in [2.05, 4.69) is 14.5 Å². The second-order valence-corrected chi connectivity index (χ2v) is 5.58. The zero-order valence-electron chi connectivity index (χ0n) is 10.3. The van der Waals surface area contributed by atoms with Gasteiger partial charge in [0.1, 0.15) is 16.1 Å². The average Bonchev–Trinajstić information content (AvgIpc) is 2.76. The Bertz CT molecular complexity index is 413. The molecule has 0 aromatic carbocycles. The van der Waals surface area contributed by atoms with E-state index in [1.54, 1.807) is 0 Å². The van der Waals surface area contributed by atoms with Gasteiger partial charge < -0.3 is 4.74 Å². The van der Waals surface area contributed by atoms with Crippen molar-refractivity contribution in [3.63, 3.8) is 0 Å². The van der Waals surface area contributed by atoms with Gasteiger partial charge in [0.25, 0.3) is 0 Å². The molecule has 5 nitrogen and oxygen atoms in total. The molecule has 1 saturated heterocycles. The minimum atomic E-state index is -0.170. The highest BCUT2D eigenvalue weighted by atomic mass is 35.5. The Morgan fingerprint density at radius 3 is 3.11 bits per heavy atom. The van der Waals surface area contributed by atoms with Crippen molar-refractivity contribution < 1.29 is 9.53 Å². The predicted molar refractivity (Wildman–Crippen MR) is 69.6 cm³/mol. The second kappa shape index (κ2) is 6.45. The van der Waals surface area contributed by atoms with E-state index in [0.717, 1.165) is 31.5 Å². The first-order chi connectivity index (χ1) is 8.72. The SMILES string of the molecule is CCOC(=O)C1CCCCN1Cc1nnsc1Cl. The first kappa shape index (κ1) is 13.7. The number of hydrogen-bond donors (Lipinski definition) is 0. The molecular weight excluding hydrogens is 274 g/mol. The summed E-state index contributed by atoms with van der Waals surface area (Å²) in [5.74, 6) is -0.142. The lowest BCUT2D eigenvalue weighted by atomic mass is 10.0. The molecule has 1 unspecified atom stereocenters. The maximum atomic E-state index is 11.9. The van der Waals surface area contributed by atoms with Gasteiger partial charge >= 0.3 is 5.97 Å². The van der Waals surface area contributed by atoms with Crippen LogP contribution in [-0.4, -0.2) is 39.6 Å². The Morgan fingerprint density at radius 2 is 2.44 bits per heavy atom. The van der Waals surface area contributed by atoms with Gasteiger partial charge in [-0.3, -0.25) is 9.69 Å². The number of esters is 1. The first-order valence-electron chi connectivity index (χ1n) is 6.09. The molecule has 2 rings (SSSR count). The highest BCUT2D eigenvalue weighted by molar-refractivity contribution is 7.10. The van der Waals surface area contributed by atoms with Crippen molar-refractivity contribution in [3.05, 3.63) is 10.0 Å². The van der Waals surface area contributed by atoms with Crippen molar-refractivity contribution in [2.45, 2.75) is 38.8 Å². The van der Waals surface area contributed by atoms with E-state index in [-0.39, 0.29) is 12.0 Å². The van der Waals surface area contributed by atoms with Gasteiger partial charge in [-0.25, -0.2) is 0 Å². The monoisotopic (exact) mass is 289 g/mol. The number of likely N-dealkylation sites (tertiary alicyclic amines) is 1. The Morgan fingerprint density at radius 1 is 1.61 bits per heavy atom. The lowest BCUT2D eigenvalue weighted by molar-refractivity contribution is -0.151. The van der Waals surface area contributed by atoms with Gasteiger partial charge in [0, 0.05) is 18.1 Å². The van der Waals surface area contributed by atoms with Crippen LogP contribution in [0.25, 0.3) is 0 Å². The van der Waals surface area contributed by atoms with Crippen LogP contribution in [0.15, 0.2) is 0 Å². The van der Waals surface area contributed by atoms with Crippen molar-refractivity contribution in [2.24, 2.45) is 0 Å². The third-order valence-electron chi connectivity index (χ3n) is 3.03. The molecule has 18 heavy (non-hydrogen) atoms. The predicted octanol–water partition coefficient (Wildman–Crippen LogP) is 2.11. The lowest BCUT2D eigenvalue weighted by Crippen LogP contribution is -2.45. The molecule has 0 bridgehead atoms. The molecule has 0 saturated carbocycles. The Kier molecular flexibility index (Phi) is 4.91. The van der Waals surface area contributed by atoms with Crippen LogP contribution in [0.1, 0.15) is 31.9 Å². The zero-order valence-corrected chi connectivity index (χ0v) is 11.8. The van der Waals surface area contributed by atoms with Crippen molar-refractivity contribution in [1.82, 2.24) is 14.5 Å². The van der Waals surface area contributed by atoms with Crippen LogP contribution in [0.4, 0.5) is 0 Å². The second-order valence-electron chi connectivity index (χ2n) is 4.23. The van der Waals surface area contributed by atoms with E-state index < -0.39 is 0 Å². The smallest absolute Gasteiger partial charge is 0.323 e. The number of aromatic nitrogens is 2. The van der Waals surface area contributed by atoms with E-state index in [1.807, 2.05) is 6.92 Å². The molecule has 1 aromatic heterocycles. The van der Waals surface area contributed by atoms with Gasteiger partial charge in [0.2, 0.25) is 0 Å². The number of halogens is 1. The Hall–Kier alpha value is -0.720. The molecule has 1 fully saturated rings. The Labute approximate surface area is 115 Å². The van der Waals surface area contributed by atoms with Crippen LogP contribution in [0.3, 0.4) is 0 Å². The quantitative estimate of drug-likeness (QED) is 0.795. The van der Waals surface area contributed by atoms with Crippen LogP contribution in [0.5, 0.6) is 0 Å². The zero-order chi connectivity index (χ0) is 13.0. The van der Waals surface area contributed by atoms with Crippen LogP contribution < -0.4 is 0 Å². The van der Waals surface area contributed by atoms with Gasteiger partial charge in [0.15, 0.2) is 0 Å². The number of piperidine rings is 1. The van der Waals surface area contributed by atoms with Gasteiger partial charge in [-0.05, 0) is 26.3 Å². The third kappa shape index (κ3) is 3.18. The van der Waals surface area contributed by atoms with Gasteiger partial charge in [0.05, 0.1) is 6.61 Å². The van der Waals surface area contributed by atoms with Crippen molar-refractivity contribution in [1.29, 1.82) is 0 Å². The van der Waals surface area contributed by atoms with Gasteiger partial charge in [-0.1, -0.05) is 22.5 Å². The number of carbonyl (C=O) groups is 1. The molecule has 1 aromatic rings. The molecule has 100 valence electrons. The molecule has 7 heteroatoms.